The fourth-order valence-electron chi connectivity index (χ4n) is 11.5. The predicted molar refractivity (Wildman–Crippen MR) is 136 cm³/mol. The maximum atomic E-state index is 14.0. The van der Waals surface area contributed by atoms with E-state index in [1.807, 2.05) is 0 Å². The largest absolute Gasteiger partial charge is 0.459 e. The van der Waals surface area contributed by atoms with Crippen molar-refractivity contribution < 1.29 is 31.7 Å². The topological polar surface area (TPSA) is 99.2 Å². The molecule has 210 valence electrons. The van der Waals surface area contributed by atoms with Crippen LogP contribution in [0.2, 0.25) is 0 Å². The van der Waals surface area contributed by atoms with Crippen molar-refractivity contribution in [2.75, 3.05) is 19.6 Å². The molecule has 2 aliphatic heterocycles. The lowest BCUT2D eigenvalue weighted by atomic mass is 9.65. The van der Waals surface area contributed by atoms with Crippen LogP contribution in [0.4, 0.5) is 0 Å². The summed E-state index contributed by atoms with van der Waals surface area (Å²) < 4.78 is 44.3. The number of fused-ring (bicyclic) bond motifs is 10. The van der Waals surface area contributed by atoms with E-state index in [1.165, 1.54) is 25.7 Å². The van der Waals surface area contributed by atoms with Crippen LogP contribution in [0.3, 0.4) is 0 Å². The first-order chi connectivity index (χ1) is 18.3. The standard InChI is InChI=1S/C29H41NO7S/c1-2-29(13-17-11-20(29)23-16-7-6-15(10-16)22(17)23)36-28(32)24-18-12-19-26(37-38(33,34)27(19)24)25(18)35-21(31)14-30-8-4-3-5-9-30/h15-20,22-27H,2-14H2,1H3. The van der Waals surface area contributed by atoms with E-state index in [0.29, 0.717) is 24.2 Å². The third-order valence-electron chi connectivity index (χ3n) is 12.7. The number of esters is 2. The molecule has 0 spiro atoms. The highest BCUT2D eigenvalue weighted by Crippen LogP contribution is 2.71. The number of carbonyl (C=O) groups excluding carboxylic acids is 2. The first-order valence-corrected chi connectivity index (χ1v) is 16.8. The number of piperidine rings is 1. The lowest BCUT2D eigenvalue weighted by Crippen LogP contribution is -2.51. The molecule has 2 saturated heterocycles. The Morgan fingerprint density at radius 2 is 1.74 bits per heavy atom. The second-order valence-electron chi connectivity index (χ2n) is 14.0. The molecule has 13 atom stereocenters. The first kappa shape index (κ1) is 24.6. The van der Waals surface area contributed by atoms with Crippen molar-refractivity contribution in [3.63, 3.8) is 0 Å². The van der Waals surface area contributed by atoms with Gasteiger partial charge in [-0.3, -0.25) is 18.7 Å². The van der Waals surface area contributed by atoms with Crippen molar-refractivity contribution in [3.05, 3.63) is 0 Å². The van der Waals surface area contributed by atoms with Crippen LogP contribution < -0.4 is 0 Å². The normalized spacial score (nSPS) is 53.0. The van der Waals surface area contributed by atoms with Gasteiger partial charge in [0.25, 0.3) is 10.1 Å². The highest BCUT2D eigenvalue weighted by molar-refractivity contribution is 7.87. The van der Waals surface area contributed by atoms with Gasteiger partial charge in [0.1, 0.15) is 23.1 Å². The molecule has 0 aromatic carbocycles. The van der Waals surface area contributed by atoms with Gasteiger partial charge in [-0.2, -0.15) is 8.42 Å². The van der Waals surface area contributed by atoms with Crippen LogP contribution >= 0.6 is 0 Å². The second kappa shape index (κ2) is 8.41. The van der Waals surface area contributed by atoms with Crippen molar-refractivity contribution in [3.8, 4) is 0 Å². The van der Waals surface area contributed by atoms with Crippen LogP contribution in [0.25, 0.3) is 0 Å². The molecule has 38 heavy (non-hydrogen) atoms. The molecule has 13 unspecified atom stereocenters. The van der Waals surface area contributed by atoms with Crippen LogP contribution in [0.1, 0.15) is 71.1 Å². The summed E-state index contributed by atoms with van der Waals surface area (Å²) in [6.45, 7) is 4.09. The molecule has 0 aromatic heterocycles. The Morgan fingerprint density at radius 1 is 0.974 bits per heavy atom. The summed E-state index contributed by atoms with van der Waals surface area (Å²) in [4.78, 5) is 29.0. The third kappa shape index (κ3) is 3.30. The maximum Gasteiger partial charge on any atom is 0.320 e. The lowest BCUT2D eigenvalue weighted by Gasteiger charge is -2.46. The van der Waals surface area contributed by atoms with E-state index in [1.54, 1.807) is 0 Å². The molecule has 0 aromatic rings. The number of nitrogens with zero attached hydrogens (tertiary/aromatic N) is 1. The van der Waals surface area contributed by atoms with Crippen LogP contribution in [-0.2, 0) is 33.4 Å². The van der Waals surface area contributed by atoms with E-state index >= 15 is 0 Å². The van der Waals surface area contributed by atoms with Gasteiger partial charge in [0.05, 0.1) is 12.5 Å². The van der Waals surface area contributed by atoms with Gasteiger partial charge in [-0.25, -0.2) is 0 Å². The van der Waals surface area contributed by atoms with Crippen LogP contribution in [0, 0.1) is 53.3 Å². The van der Waals surface area contributed by atoms with Crippen LogP contribution in [0.5, 0.6) is 0 Å². The second-order valence-corrected chi connectivity index (χ2v) is 15.8. The molecule has 0 N–H and O–H groups in total. The summed E-state index contributed by atoms with van der Waals surface area (Å²) in [6.07, 6.45) is 9.41. The van der Waals surface area contributed by atoms with Gasteiger partial charge >= 0.3 is 11.9 Å². The predicted octanol–water partition coefficient (Wildman–Crippen LogP) is 3.14. The Hall–Kier alpha value is -1.19. The molecule has 9 heteroatoms. The molecular formula is C29H41NO7S. The highest BCUT2D eigenvalue weighted by Gasteiger charge is 2.73. The van der Waals surface area contributed by atoms with Crippen molar-refractivity contribution >= 4 is 22.1 Å². The van der Waals surface area contributed by atoms with E-state index < -0.39 is 39.1 Å². The third-order valence-corrected chi connectivity index (χ3v) is 14.5. The fraction of sp³-hybridized carbons (Fsp3) is 0.931. The lowest BCUT2D eigenvalue weighted by molar-refractivity contribution is -0.183. The van der Waals surface area contributed by atoms with E-state index in [-0.39, 0.29) is 30.3 Å². The molecular weight excluding hydrogens is 506 g/mol. The molecule has 2 heterocycles. The van der Waals surface area contributed by atoms with Crippen molar-refractivity contribution in [1.29, 1.82) is 0 Å². The van der Waals surface area contributed by atoms with Gasteiger partial charge in [0.2, 0.25) is 0 Å². The quantitative estimate of drug-likeness (QED) is 0.284. The Morgan fingerprint density at radius 3 is 2.50 bits per heavy atom. The van der Waals surface area contributed by atoms with E-state index in [0.717, 1.165) is 62.9 Å². The number of ether oxygens (including phenoxy) is 2. The molecule has 6 saturated carbocycles. The minimum Gasteiger partial charge on any atom is -0.459 e. The van der Waals surface area contributed by atoms with Gasteiger partial charge < -0.3 is 9.47 Å². The highest BCUT2D eigenvalue weighted by atomic mass is 32.2. The summed E-state index contributed by atoms with van der Waals surface area (Å²) in [5.41, 5.74) is -0.474. The average Bonchev–Trinajstić information content (AvgIpc) is 3.72. The zero-order valence-electron chi connectivity index (χ0n) is 22.3. The fourth-order valence-corrected chi connectivity index (χ4v) is 13.6. The molecule has 8 aliphatic rings. The van der Waals surface area contributed by atoms with Gasteiger partial charge in [-0.05, 0) is 100 Å². The van der Waals surface area contributed by atoms with Gasteiger partial charge in [-0.15, -0.1) is 0 Å². The molecule has 0 amide bonds. The number of rotatable bonds is 6. The Kier molecular flexibility index (Phi) is 5.45. The van der Waals surface area contributed by atoms with Gasteiger partial charge in [-0.1, -0.05) is 13.3 Å². The number of carbonyl (C=O) groups is 2. The van der Waals surface area contributed by atoms with Crippen LogP contribution in [0.15, 0.2) is 0 Å². The van der Waals surface area contributed by atoms with Crippen molar-refractivity contribution in [2.24, 2.45) is 53.3 Å². The van der Waals surface area contributed by atoms with E-state index in [9.17, 15) is 18.0 Å². The zero-order chi connectivity index (χ0) is 26.0. The zero-order valence-corrected chi connectivity index (χ0v) is 23.2. The van der Waals surface area contributed by atoms with Crippen molar-refractivity contribution in [1.82, 2.24) is 4.90 Å². The molecule has 6 aliphatic carbocycles. The Balaban J connectivity index is 1.02. The van der Waals surface area contributed by atoms with Gasteiger partial charge in [0, 0.05) is 17.8 Å². The van der Waals surface area contributed by atoms with Crippen molar-refractivity contribution in [2.45, 2.75) is 94.2 Å². The summed E-state index contributed by atoms with van der Waals surface area (Å²) in [6, 6.07) is 0. The summed E-state index contributed by atoms with van der Waals surface area (Å²) >= 11 is 0. The molecule has 6 bridgehead atoms. The molecule has 8 rings (SSSR count). The first-order valence-electron chi connectivity index (χ1n) is 15.4. The summed E-state index contributed by atoms with van der Waals surface area (Å²) in [7, 11) is -3.92. The number of hydrogen-bond donors (Lipinski definition) is 0. The van der Waals surface area contributed by atoms with Gasteiger partial charge in [0.15, 0.2) is 0 Å². The van der Waals surface area contributed by atoms with E-state index in [2.05, 4.69) is 11.8 Å². The molecule has 8 nitrogen and oxygen atoms in total. The minimum absolute atomic E-state index is 0.207. The van der Waals surface area contributed by atoms with Crippen LogP contribution in [-0.4, -0.2) is 67.9 Å². The summed E-state index contributed by atoms with van der Waals surface area (Å²) in [5, 5.41) is -0.871. The number of hydrogen-bond acceptors (Lipinski definition) is 8. The minimum atomic E-state index is -3.92. The SMILES string of the molecule is CCC1(OC(=O)C2C3CC4C(OS(=O)(=O)C42)C3OC(=O)CN2CCCCC2)CC2CC1C1C3CCC(C3)C21. The monoisotopic (exact) mass is 547 g/mol. The number of likely N-dealkylation sites (tertiary alicyclic amines) is 1. The molecule has 8 fully saturated rings. The molecule has 0 radical (unpaired) electrons. The summed E-state index contributed by atoms with van der Waals surface area (Å²) in [5.74, 6) is 1.98. The maximum absolute atomic E-state index is 14.0. The Labute approximate surface area is 225 Å². The average molecular weight is 548 g/mol. The Bertz CT molecular complexity index is 1140. The van der Waals surface area contributed by atoms with E-state index in [4.69, 9.17) is 13.7 Å². The smallest absolute Gasteiger partial charge is 0.320 e.